The van der Waals surface area contributed by atoms with Gasteiger partial charge in [0.15, 0.2) is 0 Å². The lowest BCUT2D eigenvalue weighted by atomic mass is 10.3. The molecule has 0 fully saturated rings. The fourth-order valence-electron chi connectivity index (χ4n) is 2.78. The van der Waals surface area contributed by atoms with Crippen molar-refractivity contribution in [3.05, 3.63) is 0 Å². The summed E-state index contributed by atoms with van der Waals surface area (Å²) < 4.78 is 59.0. The lowest BCUT2D eigenvalue weighted by Crippen LogP contribution is -2.15. The number of esters is 1. The van der Waals surface area contributed by atoms with Gasteiger partial charge in [0.1, 0.15) is 6.61 Å². The summed E-state index contributed by atoms with van der Waals surface area (Å²) in [4.78, 5) is 10.6. The van der Waals surface area contributed by atoms with Gasteiger partial charge in [-0.25, -0.2) is 0 Å². The third-order valence-corrected chi connectivity index (χ3v) is 4.77. The molecule has 234 valence electrons. The van der Waals surface area contributed by atoms with Gasteiger partial charge in [-0.1, -0.05) is 19.8 Å². The van der Waals surface area contributed by atoms with Crippen LogP contribution in [0.5, 0.6) is 0 Å². The Labute approximate surface area is 235 Å². The summed E-state index contributed by atoms with van der Waals surface area (Å²) in [6, 6.07) is 0. The van der Waals surface area contributed by atoms with Crippen LogP contribution >= 0.6 is 0 Å². The summed E-state index contributed by atoms with van der Waals surface area (Å²) >= 11 is 0. The Morgan fingerprint density at radius 3 is 0.821 bits per heavy atom. The van der Waals surface area contributed by atoms with Crippen LogP contribution in [-0.4, -0.2) is 145 Å². The average molecular weight is 571 g/mol. The van der Waals surface area contributed by atoms with Gasteiger partial charge in [-0.05, 0) is 6.42 Å². The fourth-order valence-corrected chi connectivity index (χ4v) is 2.78. The van der Waals surface area contributed by atoms with Crippen molar-refractivity contribution in [1.29, 1.82) is 0 Å². The van der Waals surface area contributed by atoms with Gasteiger partial charge >= 0.3 is 5.97 Å². The van der Waals surface area contributed by atoms with Crippen LogP contribution < -0.4 is 0 Å². The topological polar surface area (TPSA) is 119 Å². The molecule has 0 unspecified atom stereocenters. The molecule has 0 atom stereocenters. The molecule has 0 aliphatic heterocycles. The number of hydrogen-bond donors (Lipinski definition) is 0. The quantitative estimate of drug-likeness (QED) is 0.0830. The molecule has 0 amide bonds. The summed E-state index contributed by atoms with van der Waals surface area (Å²) in [6.07, 6.45) is 3.54. The van der Waals surface area contributed by atoms with Gasteiger partial charge < -0.3 is 52.1 Å². The number of carbonyl (C=O) groups excluding carboxylic acids is 1. The van der Waals surface area contributed by atoms with Crippen LogP contribution in [0.2, 0.25) is 0 Å². The molecule has 12 nitrogen and oxygen atoms in total. The highest BCUT2D eigenvalue weighted by Crippen LogP contribution is 1.94. The maximum atomic E-state index is 10.6. The second-order valence-electron chi connectivity index (χ2n) is 8.17. The van der Waals surface area contributed by atoms with E-state index < -0.39 is 0 Å². The molecule has 0 aromatic carbocycles. The largest absolute Gasteiger partial charge is 0.463 e. The first-order chi connectivity index (χ1) is 19.3. The van der Waals surface area contributed by atoms with Crippen molar-refractivity contribution in [2.75, 3.05) is 139 Å². The fraction of sp³-hybridized carbons (Fsp3) is 0.963. The van der Waals surface area contributed by atoms with Crippen LogP contribution in [0.4, 0.5) is 0 Å². The molecule has 12 heteroatoms. The molecule has 0 N–H and O–H groups in total. The van der Waals surface area contributed by atoms with E-state index >= 15 is 0 Å². The summed E-state index contributed by atoms with van der Waals surface area (Å²) in [7, 11) is 0. The van der Waals surface area contributed by atoms with Crippen LogP contribution in [0.25, 0.3) is 0 Å². The predicted molar refractivity (Wildman–Crippen MR) is 144 cm³/mol. The lowest BCUT2D eigenvalue weighted by molar-refractivity contribution is -0.142. The Hall–Kier alpha value is -0.930. The van der Waals surface area contributed by atoms with Crippen molar-refractivity contribution >= 4 is 5.97 Å². The van der Waals surface area contributed by atoms with E-state index in [9.17, 15) is 4.79 Å². The van der Waals surface area contributed by atoms with E-state index in [1.54, 1.807) is 0 Å². The Morgan fingerprint density at radius 2 is 0.590 bits per heavy atom. The number of unbranched alkanes of at least 4 members (excludes halogenated alkanes) is 2. The van der Waals surface area contributed by atoms with Crippen molar-refractivity contribution in [2.45, 2.75) is 33.1 Å². The van der Waals surface area contributed by atoms with Crippen molar-refractivity contribution in [3.63, 3.8) is 0 Å². The van der Waals surface area contributed by atoms with Gasteiger partial charge in [-0.2, -0.15) is 0 Å². The first kappa shape index (κ1) is 38.1. The minimum atomic E-state index is -0.308. The van der Waals surface area contributed by atoms with E-state index in [2.05, 4.69) is 6.92 Å². The molecule has 0 aromatic rings. The summed E-state index contributed by atoms with van der Waals surface area (Å²) in [6.45, 7) is 14.4. The van der Waals surface area contributed by atoms with Gasteiger partial charge in [0.05, 0.1) is 126 Å². The summed E-state index contributed by atoms with van der Waals surface area (Å²) in [5, 5.41) is 0. The molecule has 0 aromatic heterocycles. The molecular weight excluding hydrogens is 516 g/mol. The number of carbonyl (C=O) groups is 1. The first-order valence-corrected chi connectivity index (χ1v) is 14.2. The SMILES string of the molecule is CCCCCOCCOCCOCCOCCOCCOCCOCCOCCOCCOCCOC(C)=O. The standard InChI is InChI=1S/C27H54O12/c1-3-4-5-6-29-7-8-30-9-10-31-11-12-32-13-14-33-15-16-34-17-18-35-19-20-36-21-22-37-23-24-38-25-26-39-27(2)28/h3-26H2,1-2H3. The van der Waals surface area contributed by atoms with Gasteiger partial charge in [0.25, 0.3) is 0 Å². The number of rotatable bonds is 34. The van der Waals surface area contributed by atoms with Crippen LogP contribution in [0.1, 0.15) is 33.1 Å². The Morgan fingerprint density at radius 1 is 0.359 bits per heavy atom. The van der Waals surface area contributed by atoms with Crippen molar-refractivity contribution in [3.8, 4) is 0 Å². The summed E-state index contributed by atoms with van der Waals surface area (Å²) in [5.41, 5.74) is 0. The van der Waals surface area contributed by atoms with E-state index in [0.717, 1.165) is 13.0 Å². The van der Waals surface area contributed by atoms with Gasteiger partial charge in [-0.3, -0.25) is 4.79 Å². The Balaban J connectivity index is 3.02. The zero-order chi connectivity index (χ0) is 28.3. The molecular formula is C27H54O12. The number of ether oxygens (including phenoxy) is 11. The minimum Gasteiger partial charge on any atom is -0.463 e. The average Bonchev–Trinajstić information content (AvgIpc) is 2.93. The molecule has 0 spiro atoms. The molecule has 0 saturated carbocycles. The Bertz CT molecular complexity index is 470. The second-order valence-corrected chi connectivity index (χ2v) is 8.17. The van der Waals surface area contributed by atoms with E-state index in [-0.39, 0.29) is 12.6 Å². The van der Waals surface area contributed by atoms with Crippen LogP contribution in [-0.2, 0) is 56.9 Å². The van der Waals surface area contributed by atoms with E-state index in [1.165, 1.54) is 19.8 Å². The highest BCUT2D eigenvalue weighted by Gasteiger charge is 1.96. The first-order valence-electron chi connectivity index (χ1n) is 14.2. The molecule has 39 heavy (non-hydrogen) atoms. The van der Waals surface area contributed by atoms with E-state index in [0.29, 0.717) is 126 Å². The monoisotopic (exact) mass is 570 g/mol. The van der Waals surface area contributed by atoms with Crippen LogP contribution in [0, 0.1) is 0 Å². The van der Waals surface area contributed by atoms with E-state index in [1.807, 2.05) is 0 Å². The number of hydrogen-bond acceptors (Lipinski definition) is 12. The maximum absolute atomic E-state index is 10.6. The van der Waals surface area contributed by atoms with Crippen LogP contribution in [0.15, 0.2) is 0 Å². The summed E-state index contributed by atoms with van der Waals surface area (Å²) in [5.74, 6) is -0.308. The highest BCUT2D eigenvalue weighted by molar-refractivity contribution is 5.65. The third-order valence-electron chi connectivity index (χ3n) is 4.77. The molecule has 0 radical (unpaired) electrons. The van der Waals surface area contributed by atoms with Crippen molar-refractivity contribution in [1.82, 2.24) is 0 Å². The molecule has 0 heterocycles. The molecule has 0 saturated heterocycles. The zero-order valence-corrected chi connectivity index (χ0v) is 24.4. The molecule has 0 rings (SSSR count). The predicted octanol–water partition coefficient (Wildman–Crippen LogP) is 1.91. The molecule has 0 bridgehead atoms. The molecule has 0 aliphatic rings. The third kappa shape index (κ3) is 37.1. The van der Waals surface area contributed by atoms with Gasteiger partial charge in [-0.15, -0.1) is 0 Å². The normalized spacial score (nSPS) is 11.3. The lowest BCUT2D eigenvalue weighted by Gasteiger charge is -2.09. The molecule has 0 aliphatic carbocycles. The van der Waals surface area contributed by atoms with Gasteiger partial charge in [0, 0.05) is 13.5 Å². The van der Waals surface area contributed by atoms with Gasteiger partial charge in [0.2, 0.25) is 0 Å². The smallest absolute Gasteiger partial charge is 0.302 e. The highest BCUT2D eigenvalue weighted by atomic mass is 16.6. The zero-order valence-electron chi connectivity index (χ0n) is 24.4. The van der Waals surface area contributed by atoms with E-state index in [4.69, 9.17) is 52.1 Å². The maximum Gasteiger partial charge on any atom is 0.302 e. The Kier molecular flexibility index (Phi) is 34.3. The van der Waals surface area contributed by atoms with Crippen molar-refractivity contribution < 1.29 is 56.9 Å². The minimum absolute atomic E-state index is 0.262. The van der Waals surface area contributed by atoms with Crippen molar-refractivity contribution in [2.24, 2.45) is 0 Å². The second kappa shape index (κ2) is 35.1. The van der Waals surface area contributed by atoms with Crippen LogP contribution in [0.3, 0.4) is 0 Å².